The minimum Gasteiger partial charge on any atom is -0.320 e. The molecule has 0 aliphatic heterocycles. The molecule has 2 rings (SSSR count). The van der Waals surface area contributed by atoms with Crippen molar-refractivity contribution in [3.63, 3.8) is 0 Å². The van der Waals surface area contributed by atoms with Crippen molar-refractivity contribution >= 4 is 0 Å². The van der Waals surface area contributed by atoms with E-state index >= 15 is 0 Å². The number of benzene rings is 2. The van der Waals surface area contributed by atoms with Crippen LogP contribution in [0, 0.1) is 0 Å². The van der Waals surface area contributed by atoms with Gasteiger partial charge >= 0.3 is 6.18 Å². The number of nitrogens with one attached hydrogen (secondary N) is 1. The van der Waals surface area contributed by atoms with Crippen molar-refractivity contribution in [1.29, 1.82) is 0 Å². The second-order valence-electron chi connectivity index (χ2n) is 5.40. The summed E-state index contributed by atoms with van der Waals surface area (Å²) >= 11 is 0. The van der Waals surface area contributed by atoms with Crippen molar-refractivity contribution < 1.29 is 13.2 Å². The molecule has 2 aromatic carbocycles. The first kappa shape index (κ1) is 16.6. The van der Waals surface area contributed by atoms with E-state index in [1.807, 2.05) is 25.2 Å². The van der Waals surface area contributed by atoms with Crippen LogP contribution in [0.2, 0.25) is 0 Å². The Morgan fingerprint density at radius 3 is 2.14 bits per heavy atom. The Morgan fingerprint density at radius 1 is 0.955 bits per heavy atom. The first-order valence-corrected chi connectivity index (χ1v) is 7.36. The summed E-state index contributed by atoms with van der Waals surface area (Å²) in [6.07, 6.45) is -2.59. The smallest absolute Gasteiger partial charge is 0.320 e. The van der Waals surface area contributed by atoms with Crippen LogP contribution in [0.4, 0.5) is 13.2 Å². The van der Waals surface area contributed by atoms with Crippen LogP contribution in [0.3, 0.4) is 0 Å². The van der Waals surface area contributed by atoms with Gasteiger partial charge in [-0.1, -0.05) is 42.5 Å². The summed E-state index contributed by atoms with van der Waals surface area (Å²) in [5, 5.41) is 3.13. The maximum atomic E-state index is 12.6. The standard InChI is InChI=1S/C18H20F3N/c1-22-12-11-16(15-5-3-2-4-6-15)13-14-7-9-17(10-8-14)18(19,20)21/h2-10,16,22H,11-13H2,1H3. The van der Waals surface area contributed by atoms with Crippen LogP contribution in [0.5, 0.6) is 0 Å². The van der Waals surface area contributed by atoms with Crippen molar-refractivity contribution in [1.82, 2.24) is 5.32 Å². The molecule has 4 heteroatoms. The van der Waals surface area contributed by atoms with E-state index in [9.17, 15) is 13.2 Å². The number of hydrogen-bond acceptors (Lipinski definition) is 1. The number of halogens is 3. The van der Waals surface area contributed by atoms with Crippen molar-refractivity contribution in [2.45, 2.75) is 24.9 Å². The summed E-state index contributed by atoms with van der Waals surface area (Å²) in [6, 6.07) is 15.6. The predicted molar refractivity (Wildman–Crippen MR) is 82.9 cm³/mol. The fourth-order valence-corrected chi connectivity index (χ4v) is 2.54. The van der Waals surface area contributed by atoms with Crippen LogP contribution >= 0.6 is 0 Å². The molecule has 0 aliphatic rings. The summed E-state index contributed by atoms with van der Waals surface area (Å²) in [6.45, 7) is 0.875. The lowest BCUT2D eigenvalue weighted by Crippen LogP contribution is -2.14. The van der Waals surface area contributed by atoms with Gasteiger partial charge in [-0.3, -0.25) is 0 Å². The third-order valence-electron chi connectivity index (χ3n) is 3.78. The number of rotatable bonds is 6. The lowest BCUT2D eigenvalue weighted by atomic mass is 9.89. The molecule has 22 heavy (non-hydrogen) atoms. The number of hydrogen-bond donors (Lipinski definition) is 1. The van der Waals surface area contributed by atoms with Gasteiger partial charge in [-0.2, -0.15) is 13.2 Å². The molecule has 0 spiro atoms. The minimum atomic E-state index is -4.27. The van der Waals surface area contributed by atoms with Gasteiger partial charge in [0.05, 0.1) is 5.56 Å². The third-order valence-corrected chi connectivity index (χ3v) is 3.78. The topological polar surface area (TPSA) is 12.0 Å². The molecule has 0 amide bonds. The normalized spacial score (nSPS) is 13.1. The largest absolute Gasteiger partial charge is 0.416 e. The SMILES string of the molecule is CNCCC(Cc1ccc(C(F)(F)F)cc1)c1ccccc1. The Labute approximate surface area is 129 Å². The van der Waals surface area contributed by atoms with Gasteiger partial charge < -0.3 is 5.32 Å². The van der Waals surface area contributed by atoms with Gasteiger partial charge in [0.1, 0.15) is 0 Å². The second kappa shape index (κ2) is 7.45. The average Bonchev–Trinajstić information content (AvgIpc) is 2.52. The Bertz CT molecular complexity index is 561. The highest BCUT2D eigenvalue weighted by atomic mass is 19.4. The highest BCUT2D eigenvalue weighted by molar-refractivity contribution is 5.28. The predicted octanol–water partition coefficient (Wildman–Crippen LogP) is 4.64. The van der Waals surface area contributed by atoms with Gasteiger partial charge in [0.2, 0.25) is 0 Å². The molecule has 0 aliphatic carbocycles. The lowest BCUT2D eigenvalue weighted by Gasteiger charge is -2.18. The zero-order valence-corrected chi connectivity index (χ0v) is 12.5. The number of alkyl halides is 3. The molecule has 118 valence electrons. The Balaban J connectivity index is 2.13. The van der Waals surface area contributed by atoms with E-state index in [-0.39, 0.29) is 0 Å². The van der Waals surface area contributed by atoms with E-state index in [0.29, 0.717) is 5.92 Å². The molecule has 0 saturated heterocycles. The molecular weight excluding hydrogens is 287 g/mol. The molecule has 0 bridgehead atoms. The Hall–Kier alpha value is -1.81. The van der Waals surface area contributed by atoms with Crippen LogP contribution in [0.25, 0.3) is 0 Å². The maximum absolute atomic E-state index is 12.6. The summed E-state index contributed by atoms with van der Waals surface area (Å²) in [7, 11) is 1.90. The fraction of sp³-hybridized carbons (Fsp3) is 0.333. The molecule has 0 radical (unpaired) electrons. The van der Waals surface area contributed by atoms with E-state index in [1.165, 1.54) is 5.56 Å². The first-order valence-electron chi connectivity index (χ1n) is 7.36. The first-order chi connectivity index (χ1) is 10.5. The van der Waals surface area contributed by atoms with E-state index in [1.54, 1.807) is 12.1 Å². The average molecular weight is 307 g/mol. The van der Waals surface area contributed by atoms with Gasteiger partial charge in [-0.05, 0) is 55.6 Å². The summed E-state index contributed by atoms with van der Waals surface area (Å²) in [5.41, 5.74) is 1.55. The molecule has 1 unspecified atom stereocenters. The van der Waals surface area contributed by atoms with Gasteiger partial charge in [0.25, 0.3) is 0 Å². The lowest BCUT2D eigenvalue weighted by molar-refractivity contribution is -0.137. The van der Waals surface area contributed by atoms with E-state index in [0.717, 1.165) is 37.1 Å². The third kappa shape index (κ3) is 4.60. The van der Waals surface area contributed by atoms with Crippen molar-refractivity contribution in [2.75, 3.05) is 13.6 Å². The molecule has 2 aromatic rings. The van der Waals surface area contributed by atoms with Crippen molar-refractivity contribution in [3.05, 3.63) is 71.3 Å². The summed E-state index contributed by atoms with van der Waals surface area (Å²) in [5.74, 6) is 0.297. The van der Waals surface area contributed by atoms with Crippen LogP contribution in [0.1, 0.15) is 29.0 Å². The van der Waals surface area contributed by atoms with Gasteiger partial charge in [0, 0.05) is 0 Å². The van der Waals surface area contributed by atoms with Gasteiger partial charge in [0.15, 0.2) is 0 Å². The molecular formula is C18H20F3N. The molecule has 0 fully saturated rings. The van der Waals surface area contributed by atoms with Gasteiger partial charge in [-0.15, -0.1) is 0 Å². The quantitative estimate of drug-likeness (QED) is 0.819. The van der Waals surface area contributed by atoms with Crippen LogP contribution < -0.4 is 5.32 Å². The van der Waals surface area contributed by atoms with E-state index in [4.69, 9.17) is 0 Å². The fourth-order valence-electron chi connectivity index (χ4n) is 2.54. The minimum absolute atomic E-state index is 0.297. The zero-order valence-electron chi connectivity index (χ0n) is 12.5. The highest BCUT2D eigenvalue weighted by Gasteiger charge is 2.30. The van der Waals surface area contributed by atoms with Crippen LogP contribution in [0.15, 0.2) is 54.6 Å². The Kier molecular flexibility index (Phi) is 5.61. The monoisotopic (exact) mass is 307 g/mol. The zero-order chi connectivity index (χ0) is 16.0. The van der Waals surface area contributed by atoms with E-state index < -0.39 is 11.7 Å². The molecule has 1 atom stereocenters. The molecule has 0 aromatic heterocycles. The maximum Gasteiger partial charge on any atom is 0.416 e. The molecule has 1 N–H and O–H groups in total. The van der Waals surface area contributed by atoms with Crippen molar-refractivity contribution in [3.8, 4) is 0 Å². The van der Waals surface area contributed by atoms with Crippen molar-refractivity contribution in [2.24, 2.45) is 0 Å². The summed E-state index contributed by atoms with van der Waals surface area (Å²) in [4.78, 5) is 0. The highest BCUT2D eigenvalue weighted by Crippen LogP contribution is 2.30. The summed E-state index contributed by atoms with van der Waals surface area (Å²) < 4.78 is 37.8. The molecule has 0 heterocycles. The van der Waals surface area contributed by atoms with E-state index in [2.05, 4.69) is 17.4 Å². The van der Waals surface area contributed by atoms with Gasteiger partial charge in [-0.25, -0.2) is 0 Å². The second-order valence-corrected chi connectivity index (χ2v) is 5.40. The molecule has 1 nitrogen and oxygen atoms in total. The van der Waals surface area contributed by atoms with Crippen LogP contribution in [-0.2, 0) is 12.6 Å². The Morgan fingerprint density at radius 2 is 1.59 bits per heavy atom. The van der Waals surface area contributed by atoms with Crippen LogP contribution in [-0.4, -0.2) is 13.6 Å². The molecule has 0 saturated carbocycles.